The summed E-state index contributed by atoms with van der Waals surface area (Å²) in [4.78, 5) is 16.5. The molecule has 0 saturated carbocycles. The Morgan fingerprint density at radius 2 is 1.89 bits per heavy atom. The van der Waals surface area contributed by atoms with E-state index in [-0.39, 0.29) is 11.8 Å². The van der Waals surface area contributed by atoms with Gasteiger partial charge in [0.2, 0.25) is 5.91 Å². The standard InChI is InChI=1S/C23H29N3O2/c1-17(2)23(27)24-14-6-9-22-25-20-7-4-5-8-21(20)26(22)15-16-28-19-12-10-18(3)11-13-19/h4-5,7-8,10-13,17H,6,9,14-16H2,1-3H3,(H,24,27). The predicted molar refractivity (Wildman–Crippen MR) is 113 cm³/mol. The number of amides is 1. The summed E-state index contributed by atoms with van der Waals surface area (Å²) in [6.45, 7) is 7.87. The average Bonchev–Trinajstić information content (AvgIpc) is 3.04. The van der Waals surface area contributed by atoms with E-state index < -0.39 is 0 Å². The third-order valence-electron chi connectivity index (χ3n) is 4.74. The Kier molecular flexibility index (Phi) is 6.69. The fourth-order valence-electron chi connectivity index (χ4n) is 3.12. The van der Waals surface area contributed by atoms with Crippen LogP contribution in [0.3, 0.4) is 0 Å². The van der Waals surface area contributed by atoms with Crippen LogP contribution in [0, 0.1) is 12.8 Å². The van der Waals surface area contributed by atoms with E-state index >= 15 is 0 Å². The Morgan fingerprint density at radius 3 is 2.64 bits per heavy atom. The lowest BCUT2D eigenvalue weighted by molar-refractivity contribution is -0.123. The fraction of sp³-hybridized carbons (Fsp3) is 0.391. The van der Waals surface area contributed by atoms with Crippen LogP contribution >= 0.6 is 0 Å². The fourth-order valence-corrected chi connectivity index (χ4v) is 3.12. The molecule has 0 saturated heterocycles. The minimum Gasteiger partial charge on any atom is -0.492 e. The summed E-state index contributed by atoms with van der Waals surface area (Å²) in [6.07, 6.45) is 1.68. The molecule has 1 aromatic heterocycles. The highest BCUT2D eigenvalue weighted by atomic mass is 16.5. The number of hydrogen-bond donors (Lipinski definition) is 1. The van der Waals surface area contributed by atoms with E-state index in [4.69, 9.17) is 9.72 Å². The molecule has 5 nitrogen and oxygen atoms in total. The summed E-state index contributed by atoms with van der Waals surface area (Å²) in [7, 11) is 0. The van der Waals surface area contributed by atoms with E-state index in [9.17, 15) is 4.79 Å². The molecule has 1 heterocycles. The summed E-state index contributed by atoms with van der Waals surface area (Å²) < 4.78 is 8.15. The minimum absolute atomic E-state index is 0.0171. The molecular weight excluding hydrogens is 350 g/mol. The molecule has 1 N–H and O–H groups in total. The molecule has 0 bridgehead atoms. The number of aromatic nitrogens is 2. The van der Waals surface area contributed by atoms with E-state index in [0.717, 1.165) is 42.0 Å². The van der Waals surface area contributed by atoms with Gasteiger partial charge in [-0.25, -0.2) is 4.98 Å². The van der Waals surface area contributed by atoms with Gasteiger partial charge in [-0.1, -0.05) is 43.7 Å². The van der Waals surface area contributed by atoms with Crippen LogP contribution in [-0.2, 0) is 17.8 Å². The maximum absolute atomic E-state index is 11.7. The highest BCUT2D eigenvalue weighted by molar-refractivity contribution is 5.77. The largest absolute Gasteiger partial charge is 0.492 e. The normalized spacial score (nSPS) is 11.1. The zero-order chi connectivity index (χ0) is 19.9. The summed E-state index contributed by atoms with van der Waals surface area (Å²) in [5.74, 6) is 2.03. The number of imidazole rings is 1. The molecule has 3 aromatic rings. The minimum atomic E-state index is 0.0171. The quantitative estimate of drug-likeness (QED) is 0.569. The number of carbonyl (C=O) groups is 1. The van der Waals surface area contributed by atoms with Gasteiger partial charge in [0.25, 0.3) is 0 Å². The first-order chi connectivity index (χ1) is 13.5. The van der Waals surface area contributed by atoms with Gasteiger partial charge in [0.05, 0.1) is 17.6 Å². The molecule has 0 unspecified atom stereocenters. The summed E-state index contributed by atoms with van der Waals surface area (Å²) in [5, 5.41) is 2.97. The third-order valence-corrected chi connectivity index (χ3v) is 4.74. The number of rotatable bonds is 9. The van der Waals surface area contributed by atoms with Gasteiger partial charge in [-0.15, -0.1) is 0 Å². The van der Waals surface area contributed by atoms with Crippen LogP contribution in [-0.4, -0.2) is 28.6 Å². The van der Waals surface area contributed by atoms with Crippen molar-refractivity contribution >= 4 is 16.9 Å². The number of fused-ring (bicyclic) bond motifs is 1. The Morgan fingerprint density at radius 1 is 1.14 bits per heavy atom. The van der Waals surface area contributed by atoms with Gasteiger partial charge in [-0.2, -0.15) is 0 Å². The highest BCUT2D eigenvalue weighted by Gasteiger charge is 2.11. The number of carbonyl (C=O) groups excluding carboxylic acids is 1. The highest BCUT2D eigenvalue weighted by Crippen LogP contribution is 2.18. The van der Waals surface area contributed by atoms with Crippen molar-refractivity contribution in [2.24, 2.45) is 5.92 Å². The van der Waals surface area contributed by atoms with Gasteiger partial charge < -0.3 is 14.6 Å². The van der Waals surface area contributed by atoms with Gasteiger partial charge in [0.1, 0.15) is 18.2 Å². The number of ether oxygens (including phenoxy) is 1. The second kappa shape index (κ2) is 9.40. The molecule has 0 aliphatic rings. The molecule has 0 aliphatic carbocycles. The number of hydrogen-bond acceptors (Lipinski definition) is 3. The first kappa shape index (κ1) is 19.9. The van der Waals surface area contributed by atoms with Gasteiger partial charge in [0.15, 0.2) is 0 Å². The smallest absolute Gasteiger partial charge is 0.222 e. The zero-order valence-corrected chi connectivity index (χ0v) is 16.9. The molecule has 28 heavy (non-hydrogen) atoms. The van der Waals surface area contributed by atoms with Crippen molar-refractivity contribution in [3.05, 3.63) is 59.9 Å². The van der Waals surface area contributed by atoms with Crippen LogP contribution in [0.1, 0.15) is 31.7 Å². The van der Waals surface area contributed by atoms with Crippen molar-refractivity contribution in [2.75, 3.05) is 13.2 Å². The molecule has 0 aliphatic heterocycles. The molecule has 3 rings (SSSR count). The second-order valence-electron chi connectivity index (χ2n) is 7.38. The number of aryl methyl sites for hydroxylation is 2. The Hall–Kier alpha value is -2.82. The van der Waals surface area contributed by atoms with Crippen molar-refractivity contribution in [3.8, 4) is 5.75 Å². The van der Waals surface area contributed by atoms with Crippen LogP contribution in [0.2, 0.25) is 0 Å². The van der Waals surface area contributed by atoms with E-state index in [1.165, 1.54) is 5.56 Å². The van der Waals surface area contributed by atoms with E-state index in [0.29, 0.717) is 13.2 Å². The maximum Gasteiger partial charge on any atom is 0.222 e. The van der Waals surface area contributed by atoms with E-state index in [2.05, 4.69) is 35.0 Å². The molecular formula is C23H29N3O2. The molecule has 148 valence electrons. The topological polar surface area (TPSA) is 56.1 Å². The third kappa shape index (κ3) is 5.12. The molecule has 0 atom stereocenters. The maximum atomic E-state index is 11.7. The molecule has 1 amide bonds. The molecule has 5 heteroatoms. The molecule has 0 spiro atoms. The van der Waals surface area contributed by atoms with Gasteiger partial charge >= 0.3 is 0 Å². The number of para-hydroxylation sites is 2. The van der Waals surface area contributed by atoms with Crippen molar-refractivity contribution in [1.29, 1.82) is 0 Å². The first-order valence-electron chi connectivity index (χ1n) is 9.96. The summed E-state index contributed by atoms with van der Waals surface area (Å²) in [5.41, 5.74) is 3.34. The van der Waals surface area contributed by atoms with Crippen LogP contribution < -0.4 is 10.1 Å². The van der Waals surface area contributed by atoms with Crippen LogP contribution in [0.25, 0.3) is 11.0 Å². The Bertz CT molecular complexity index is 913. The van der Waals surface area contributed by atoms with Gasteiger partial charge in [0, 0.05) is 18.9 Å². The lowest BCUT2D eigenvalue weighted by Gasteiger charge is -2.12. The Balaban J connectivity index is 1.63. The Labute approximate surface area is 166 Å². The predicted octanol–water partition coefficient (Wildman–Crippen LogP) is 4.13. The second-order valence-corrected chi connectivity index (χ2v) is 7.38. The van der Waals surface area contributed by atoms with Crippen LogP contribution in [0.15, 0.2) is 48.5 Å². The van der Waals surface area contributed by atoms with Crippen LogP contribution in [0.5, 0.6) is 5.75 Å². The van der Waals surface area contributed by atoms with Gasteiger partial charge in [-0.05, 0) is 37.6 Å². The average molecular weight is 380 g/mol. The monoisotopic (exact) mass is 379 g/mol. The lowest BCUT2D eigenvalue weighted by atomic mass is 10.2. The number of nitrogens with one attached hydrogen (secondary N) is 1. The van der Waals surface area contributed by atoms with E-state index in [1.807, 2.05) is 44.2 Å². The zero-order valence-electron chi connectivity index (χ0n) is 16.9. The van der Waals surface area contributed by atoms with Gasteiger partial charge in [-0.3, -0.25) is 4.79 Å². The van der Waals surface area contributed by atoms with Crippen molar-refractivity contribution in [3.63, 3.8) is 0 Å². The summed E-state index contributed by atoms with van der Waals surface area (Å²) in [6, 6.07) is 16.3. The number of nitrogens with zero attached hydrogens (tertiary/aromatic N) is 2. The van der Waals surface area contributed by atoms with Crippen molar-refractivity contribution in [2.45, 2.75) is 40.2 Å². The first-order valence-corrected chi connectivity index (χ1v) is 9.96. The van der Waals surface area contributed by atoms with Crippen LogP contribution in [0.4, 0.5) is 0 Å². The molecule has 0 radical (unpaired) electrons. The van der Waals surface area contributed by atoms with Crippen molar-refractivity contribution in [1.82, 2.24) is 14.9 Å². The molecule has 2 aromatic carbocycles. The van der Waals surface area contributed by atoms with E-state index in [1.54, 1.807) is 0 Å². The lowest BCUT2D eigenvalue weighted by Crippen LogP contribution is -2.28. The van der Waals surface area contributed by atoms with Crippen molar-refractivity contribution < 1.29 is 9.53 Å². The SMILES string of the molecule is Cc1ccc(OCCn2c(CCCNC(=O)C(C)C)nc3ccccc32)cc1. The number of benzene rings is 2. The summed E-state index contributed by atoms with van der Waals surface area (Å²) >= 11 is 0. The molecule has 0 fully saturated rings.